The number of carbonyl (C=O) groups excluding carboxylic acids is 1. The van der Waals surface area contributed by atoms with Gasteiger partial charge in [-0.15, -0.1) is 0 Å². The molecule has 1 aliphatic rings. The molecule has 0 saturated carbocycles. The fourth-order valence-electron chi connectivity index (χ4n) is 2.22. The quantitative estimate of drug-likeness (QED) is 0.478. The summed E-state index contributed by atoms with van der Waals surface area (Å²) in [6.07, 6.45) is 9.76. The van der Waals surface area contributed by atoms with Gasteiger partial charge in [-0.2, -0.15) is 0 Å². The molecule has 1 aliphatic heterocycles. The largest absolute Gasteiger partial charge is 0.431 e. The third kappa shape index (κ3) is 3.36. The van der Waals surface area contributed by atoms with Gasteiger partial charge in [-0.3, -0.25) is 4.79 Å². The Bertz CT molecular complexity index is 268. The number of rotatable bonds is 7. The summed E-state index contributed by atoms with van der Waals surface area (Å²) in [6.45, 7) is 6.29. The molecule has 2 nitrogen and oxygen atoms in total. The summed E-state index contributed by atoms with van der Waals surface area (Å²) < 4.78 is 5.33. The van der Waals surface area contributed by atoms with E-state index in [9.17, 15) is 4.79 Å². The van der Waals surface area contributed by atoms with Crippen molar-refractivity contribution in [1.29, 1.82) is 0 Å². The zero-order valence-corrected chi connectivity index (χ0v) is 10.8. The third-order valence-corrected chi connectivity index (χ3v) is 3.22. The van der Waals surface area contributed by atoms with Gasteiger partial charge in [0.15, 0.2) is 0 Å². The molecule has 92 valence electrons. The zero-order chi connectivity index (χ0) is 12.0. The van der Waals surface area contributed by atoms with Crippen molar-refractivity contribution in [2.75, 3.05) is 0 Å². The Hall–Kier alpha value is -0.790. The summed E-state index contributed by atoms with van der Waals surface area (Å²) in [5, 5.41) is 0. The Morgan fingerprint density at radius 3 is 2.56 bits per heavy atom. The first-order valence-electron chi connectivity index (χ1n) is 6.56. The summed E-state index contributed by atoms with van der Waals surface area (Å²) in [5.74, 6) is 0.844. The number of unbranched alkanes of at least 4 members (excludes halogenated alkanes) is 3. The van der Waals surface area contributed by atoms with E-state index in [0.29, 0.717) is 0 Å². The fourth-order valence-corrected chi connectivity index (χ4v) is 2.22. The predicted molar refractivity (Wildman–Crippen MR) is 65.9 cm³/mol. The molecule has 16 heavy (non-hydrogen) atoms. The van der Waals surface area contributed by atoms with Crippen LogP contribution in [0.2, 0.25) is 0 Å². The first kappa shape index (κ1) is 13.3. The van der Waals surface area contributed by atoms with Crippen LogP contribution in [0.25, 0.3) is 0 Å². The molecule has 0 aromatic heterocycles. The molecular weight excluding hydrogens is 200 g/mol. The minimum atomic E-state index is -0.352. The monoisotopic (exact) mass is 224 g/mol. The first-order chi connectivity index (χ1) is 7.62. The van der Waals surface area contributed by atoms with Gasteiger partial charge in [0.25, 0.3) is 0 Å². The van der Waals surface area contributed by atoms with Gasteiger partial charge in [-0.25, -0.2) is 0 Å². The zero-order valence-electron chi connectivity index (χ0n) is 10.8. The fraction of sp³-hybridized carbons (Fsp3) is 0.786. The molecule has 0 N–H and O–H groups in total. The van der Waals surface area contributed by atoms with Crippen molar-refractivity contribution in [2.45, 2.75) is 65.7 Å². The van der Waals surface area contributed by atoms with E-state index in [1.54, 1.807) is 0 Å². The molecule has 0 aliphatic carbocycles. The van der Waals surface area contributed by atoms with Gasteiger partial charge in [0, 0.05) is 6.42 Å². The Morgan fingerprint density at radius 2 is 1.94 bits per heavy atom. The topological polar surface area (TPSA) is 26.3 Å². The van der Waals surface area contributed by atoms with E-state index in [1.807, 2.05) is 13.0 Å². The predicted octanol–water partition coefficient (Wildman–Crippen LogP) is 4.20. The van der Waals surface area contributed by atoms with Crippen molar-refractivity contribution >= 4 is 5.97 Å². The molecule has 0 aromatic carbocycles. The van der Waals surface area contributed by atoms with Crippen LogP contribution in [0.1, 0.15) is 65.7 Å². The number of hydrogen-bond donors (Lipinski definition) is 0. The van der Waals surface area contributed by atoms with Crippen LogP contribution in [0.4, 0.5) is 0 Å². The molecule has 0 bridgehead atoms. The second kappa shape index (κ2) is 6.07. The minimum Gasteiger partial charge on any atom is -0.431 e. The first-order valence-corrected chi connectivity index (χ1v) is 6.56. The highest BCUT2D eigenvalue weighted by molar-refractivity contribution is 5.82. The van der Waals surface area contributed by atoms with Crippen LogP contribution < -0.4 is 0 Å². The lowest BCUT2D eigenvalue weighted by Gasteiger charge is -2.15. The minimum absolute atomic E-state index is 0.0557. The SMILES string of the molecule is CCCCCCC1=CC(C)(CCC)C(=O)O1. The summed E-state index contributed by atoms with van der Waals surface area (Å²) in [6, 6.07) is 0. The highest BCUT2D eigenvalue weighted by Gasteiger charge is 2.38. The highest BCUT2D eigenvalue weighted by atomic mass is 16.5. The molecule has 0 radical (unpaired) electrons. The average molecular weight is 224 g/mol. The maximum Gasteiger partial charge on any atom is 0.320 e. The van der Waals surface area contributed by atoms with Crippen LogP contribution in [0.5, 0.6) is 0 Å². The van der Waals surface area contributed by atoms with Gasteiger partial charge in [0.1, 0.15) is 5.76 Å². The van der Waals surface area contributed by atoms with Crippen molar-refractivity contribution in [2.24, 2.45) is 5.41 Å². The van der Waals surface area contributed by atoms with Gasteiger partial charge in [-0.05, 0) is 25.8 Å². The lowest BCUT2D eigenvalue weighted by Crippen LogP contribution is -2.21. The van der Waals surface area contributed by atoms with Crippen LogP contribution in [0.15, 0.2) is 11.8 Å². The number of hydrogen-bond acceptors (Lipinski definition) is 2. The maximum atomic E-state index is 11.7. The summed E-state index contributed by atoms with van der Waals surface area (Å²) in [5.41, 5.74) is -0.352. The van der Waals surface area contributed by atoms with Crippen molar-refractivity contribution in [3.63, 3.8) is 0 Å². The van der Waals surface area contributed by atoms with Gasteiger partial charge >= 0.3 is 5.97 Å². The third-order valence-electron chi connectivity index (χ3n) is 3.22. The van der Waals surface area contributed by atoms with E-state index in [1.165, 1.54) is 19.3 Å². The molecule has 1 heterocycles. The second-order valence-corrected chi connectivity index (χ2v) is 4.98. The van der Waals surface area contributed by atoms with Crippen LogP contribution in [0, 0.1) is 5.41 Å². The van der Waals surface area contributed by atoms with E-state index in [4.69, 9.17) is 4.74 Å². The van der Waals surface area contributed by atoms with E-state index >= 15 is 0 Å². The molecule has 0 aromatic rings. The standard InChI is InChI=1S/C14H24O2/c1-4-6-7-8-9-12-11-14(3,10-5-2)13(15)16-12/h11H,4-10H2,1-3H3. The Labute approximate surface area is 99.1 Å². The van der Waals surface area contributed by atoms with Gasteiger partial charge in [0.2, 0.25) is 0 Å². The molecule has 2 heteroatoms. The van der Waals surface area contributed by atoms with Crippen LogP contribution in [-0.4, -0.2) is 5.97 Å². The van der Waals surface area contributed by atoms with E-state index in [0.717, 1.165) is 31.4 Å². The Kier molecular flexibility index (Phi) is 5.04. The smallest absolute Gasteiger partial charge is 0.320 e. The number of allylic oxidation sites excluding steroid dienone is 1. The number of cyclic esters (lactones) is 1. The Morgan fingerprint density at radius 1 is 1.19 bits per heavy atom. The van der Waals surface area contributed by atoms with Crippen molar-refractivity contribution in [3.05, 3.63) is 11.8 Å². The van der Waals surface area contributed by atoms with Gasteiger partial charge < -0.3 is 4.74 Å². The lowest BCUT2D eigenvalue weighted by atomic mass is 9.86. The average Bonchev–Trinajstić information content (AvgIpc) is 2.50. The number of carbonyl (C=O) groups is 1. The number of ether oxygens (including phenoxy) is 1. The maximum absolute atomic E-state index is 11.7. The van der Waals surface area contributed by atoms with Gasteiger partial charge in [-0.1, -0.05) is 39.5 Å². The molecule has 1 atom stereocenters. The summed E-state index contributed by atoms with van der Waals surface area (Å²) in [7, 11) is 0. The molecule has 0 amide bonds. The van der Waals surface area contributed by atoms with Crippen molar-refractivity contribution in [3.8, 4) is 0 Å². The molecular formula is C14H24O2. The van der Waals surface area contributed by atoms with Crippen molar-refractivity contribution < 1.29 is 9.53 Å². The number of esters is 1. The highest BCUT2D eigenvalue weighted by Crippen LogP contribution is 2.36. The van der Waals surface area contributed by atoms with E-state index in [2.05, 4.69) is 13.8 Å². The van der Waals surface area contributed by atoms with Crippen molar-refractivity contribution in [1.82, 2.24) is 0 Å². The molecule has 0 saturated heterocycles. The molecule has 0 spiro atoms. The van der Waals surface area contributed by atoms with Crippen LogP contribution in [0.3, 0.4) is 0 Å². The summed E-state index contributed by atoms with van der Waals surface area (Å²) >= 11 is 0. The summed E-state index contributed by atoms with van der Waals surface area (Å²) in [4.78, 5) is 11.7. The Balaban J connectivity index is 2.41. The lowest BCUT2D eigenvalue weighted by molar-refractivity contribution is -0.144. The molecule has 0 fully saturated rings. The van der Waals surface area contributed by atoms with Gasteiger partial charge in [0.05, 0.1) is 5.41 Å². The van der Waals surface area contributed by atoms with Crippen LogP contribution >= 0.6 is 0 Å². The molecule has 1 rings (SSSR count). The molecule has 1 unspecified atom stereocenters. The second-order valence-electron chi connectivity index (χ2n) is 4.98. The van der Waals surface area contributed by atoms with E-state index < -0.39 is 0 Å². The normalized spacial score (nSPS) is 24.4. The van der Waals surface area contributed by atoms with E-state index in [-0.39, 0.29) is 11.4 Å². The van der Waals surface area contributed by atoms with Crippen LogP contribution in [-0.2, 0) is 9.53 Å².